The number of imidazole rings is 1. The molecule has 0 saturated heterocycles. The average molecular weight is 241 g/mol. The van der Waals surface area contributed by atoms with Crippen molar-refractivity contribution in [1.82, 2.24) is 9.55 Å². The summed E-state index contributed by atoms with van der Waals surface area (Å²) in [7, 11) is 1.90. The van der Waals surface area contributed by atoms with E-state index in [0.29, 0.717) is 6.42 Å². The molecule has 4 nitrogen and oxygen atoms in total. The average Bonchev–Trinajstić information content (AvgIpc) is 2.98. The van der Waals surface area contributed by atoms with Crippen molar-refractivity contribution < 1.29 is 4.79 Å². The zero-order chi connectivity index (χ0) is 12.5. The monoisotopic (exact) mass is 241 g/mol. The number of aryl methyl sites for hydroxylation is 1. The van der Waals surface area contributed by atoms with Gasteiger partial charge in [0.1, 0.15) is 5.82 Å². The SMILES string of the molecule is Cn1ccnc1CC(=O)c1ccc2c(c1)NCC2. The van der Waals surface area contributed by atoms with Gasteiger partial charge in [0.15, 0.2) is 5.78 Å². The van der Waals surface area contributed by atoms with Crippen molar-refractivity contribution in [2.24, 2.45) is 7.05 Å². The highest BCUT2D eigenvalue weighted by atomic mass is 16.1. The van der Waals surface area contributed by atoms with Crippen molar-refractivity contribution in [3.8, 4) is 0 Å². The Bertz CT molecular complexity index is 601. The Labute approximate surface area is 106 Å². The van der Waals surface area contributed by atoms with Gasteiger partial charge in [-0.2, -0.15) is 0 Å². The van der Waals surface area contributed by atoms with Crippen LogP contribution in [0.5, 0.6) is 0 Å². The van der Waals surface area contributed by atoms with Gasteiger partial charge in [-0.15, -0.1) is 0 Å². The number of anilines is 1. The number of rotatable bonds is 3. The number of ketones is 1. The van der Waals surface area contributed by atoms with E-state index < -0.39 is 0 Å². The fourth-order valence-corrected chi connectivity index (χ4v) is 2.28. The Balaban J connectivity index is 1.83. The van der Waals surface area contributed by atoms with Gasteiger partial charge in [0.25, 0.3) is 0 Å². The Morgan fingerprint density at radius 2 is 2.39 bits per heavy atom. The lowest BCUT2D eigenvalue weighted by Gasteiger charge is -2.05. The second-order valence-electron chi connectivity index (χ2n) is 4.60. The molecule has 2 aromatic rings. The highest BCUT2D eigenvalue weighted by Gasteiger charge is 2.14. The van der Waals surface area contributed by atoms with Crippen molar-refractivity contribution in [2.75, 3.05) is 11.9 Å². The lowest BCUT2D eigenvalue weighted by Crippen LogP contribution is -2.08. The van der Waals surface area contributed by atoms with Crippen LogP contribution in [0.25, 0.3) is 0 Å². The summed E-state index contributed by atoms with van der Waals surface area (Å²) < 4.78 is 1.88. The number of carbonyl (C=O) groups excluding carboxylic acids is 1. The molecule has 0 amide bonds. The van der Waals surface area contributed by atoms with E-state index in [9.17, 15) is 4.79 Å². The van der Waals surface area contributed by atoms with E-state index in [1.165, 1.54) is 5.56 Å². The lowest BCUT2D eigenvalue weighted by atomic mass is 10.0. The fraction of sp³-hybridized carbons (Fsp3) is 0.286. The van der Waals surface area contributed by atoms with Gasteiger partial charge in [0.05, 0.1) is 6.42 Å². The third-order valence-electron chi connectivity index (χ3n) is 3.38. The van der Waals surface area contributed by atoms with Crippen molar-refractivity contribution in [1.29, 1.82) is 0 Å². The van der Waals surface area contributed by atoms with Crippen LogP contribution in [-0.2, 0) is 19.9 Å². The maximum absolute atomic E-state index is 12.2. The molecule has 0 radical (unpaired) electrons. The molecule has 0 aliphatic carbocycles. The van der Waals surface area contributed by atoms with Gasteiger partial charge in [-0.25, -0.2) is 4.98 Å². The first-order valence-corrected chi connectivity index (χ1v) is 6.10. The maximum Gasteiger partial charge on any atom is 0.170 e. The zero-order valence-corrected chi connectivity index (χ0v) is 10.3. The predicted octanol–water partition coefficient (Wildman–Crippen LogP) is 1.81. The number of benzene rings is 1. The second kappa shape index (κ2) is 4.29. The number of hydrogen-bond donors (Lipinski definition) is 1. The number of nitrogens with one attached hydrogen (secondary N) is 1. The first-order chi connectivity index (χ1) is 8.74. The van der Waals surface area contributed by atoms with Crippen LogP contribution in [-0.4, -0.2) is 21.9 Å². The van der Waals surface area contributed by atoms with E-state index in [-0.39, 0.29) is 5.78 Å². The molecule has 92 valence electrons. The Hall–Kier alpha value is -2.10. The number of carbonyl (C=O) groups is 1. The number of hydrogen-bond acceptors (Lipinski definition) is 3. The first-order valence-electron chi connectivity index (χ1n) is 6.10. The molecule has 18 heavy (non-hydrogen) atoms. The standard InChI is InChI=1S/C14H15N3O/c1-17-7-6-16-14(17)9-13(18)11-3-2-10-4-5-15-12(10)8-11/h2-3,6-8,15H,4-5,9H2,1H3. The minimum atomic E-state index is 0.112. The van der Waals surface area contributed by atoms with Gasteiger partial charge < -0.3 is 9.88 Å². The molecule has 2 heterocycles. The fourth-order valence-electron chi connectivity index (χ4n) is 2.28. The molecule has 1 aliphatic heterocycles. The van der Waals surface area contributed by atoms with Crippen molar-refractivity contribution in [2.45, 2.75) is 12.8 Å². The molecule has 0 atom stereocenters. The summed E-state index contributed by atoms with van der Waals surface area (Å²) in [6.07, 6.45) is 4.96. The molecule has 0 bridgehead atoms. The van der Waals surface area contributed by atoms with Crippen LogP contribution in [0.4, 0.5) is 5.69 Å². The number of nitrogens with zero attached hydrogens (tertiary/aromatic N) is 2. The minimum absolute atomic E-state index is 0.112. The summed E-state index contributed by atoms with van der Waals surface area (Å²) in [5.41, 5.74) is 3.15. The summed E-state index contributed by atoms with van der Waals surface area (Å²) in [5, 5.41) is 3.29. The smallest absolute Gasteiger partial charge is 0.170 e. The normalized spacial score (nSPS) is 13.2. The summed E-state index contributed by atoms with van der Waals surface area (Å²) in [5.74, 6) is 0.911. The molecular weight excluding hydrogens is 226 g/mol. The summed E-state index contributed by atoms with van der Waals surface area (Å²) in [6, 6.07) is 5.91. The topological polar surface area (TPSA) is 46.9 Å². The van der Waals surface area contributed by atoms with Crippen LogP contribution in [0, 0.1) is 0 Å². The van der Waals surface area contributed by atoms with Crippen LogP contribution >= 0.6 is 0 Å². The summed E-state index contributed by atoms with van der Waals surface area (Å²) in [6.45, 7) is 0.965. The summed E-state index contributed by atoms with van der Waals surface area (Å²) >= 11 is 0. The van der Waals surface area contributed by atoms with Gasteiger partial charge in [-0.1, -0.05) is 12.1 Å². The lowest BCUT2D eigenvalue weighted by molar-refractivity contribution is 0.0990. The minimum Gasteiger partial charge on any atom is -0.384 e. The van der Waals surface area contributed by atoms with Crippen LogP contribution in [0.3, 0.4) is 0 Å². The number of aromatic nitrogens is 2. The van der Waals surface area contributed by atoms with E-state index in [1.807, 2.05) is 36.0 Å². The molecule has 0 unspecified atom stereocenters. The molecule has 1 aromatic carbocycles. The molecule has 0 saturated carbocycles. The Kier molecular flexibility index (Phi) is 2.63. The van der Waals surface area contributed by atoms with Crippen molar-refractivity contribution in [3.05, 3.63) is 47.5 Å². The van der Waals surface area contributed by atoms with E-state index in [2.05, 4.69) is 10.3 Å². The molecule has 1 aromatic heterocycles. The molecule has 0 fully saturated rings. The van der Waals surface area contributed by atoms with Gasteiger partial charge >= 0.3 is 0 Å². The third-order valence-corrected chi connectivity index (χ3v) is 3.38. The largest absolute Gasteiger partial charge is 0.384 e. The van der Waals surface area contributed by atoms with Crippen molar-refractivity contribution in [3.63, 3.8) is 0 Å². The van der Waals surface area contributed by atoms with Gasteiger partial charge in [-0.3, -0.25) is 4.79 Å². The second-order valence-corrected chi connectivity index (χ2v) is 4.60. The van der Waals surface area contributed by atoms with Crippen LogP contribution in [0.15, 0.2) is 30.6 Å². The Morgan fingerprint density at radius 1 is 1.50 bits per heavy atom. The number of Topliss-reactive ketones (excluding diaryl/α,β-unsaturated/α-hetero) is 1. The van der Waals surface area contributed by atoms with Crippen LogP contribution < -0.4 is 5.32 Å². The van der Waals surface area contributed by atoms with Gasteiger partial charge in [-0.05, 0) is 18.1 Å². The molecule has 0 spiro atoms. The van der Waals surface area contributed by atoms with Crippen molar-refractivity contribution >= 4 is 11.5 Å². The Morgan fingerprint density at radius 3 is 3.17 bits per heavy atom. The molecule has 1 N–H and O–H groups in total. The van der Waals surface area contributed by atoms with E-state index in [4.69, 9.17) is 0 Å². The van der Waals surface area contributed by atoms with Gasteiger partial charge in [0, 0.05) is 37.2 Å². The van der Waals surface area contributed by atoms with E-state index in [1.54, 1.807) is 6.20 Å². The van der Waals surface area contributed by atoms with E-state index in [0.717, 1.165) is 30.0 Å². The predicted molar refractivity (Wildman–Crippen MR) is 69.9 cm³/mol. The maximum atomic E-state index is 12.2. The highest BCUT2D eigenvalue weighted by molar-refractivity contribution is 5.98. The van der Waals surface area contributed by atoms with E-state index >= 15 is 0 Å². The molecule has 4 heteroatoms. The zero-order valence-electron chi connectivity index (χ0n) is 10.3. The van der Waals surface area contributed by atoms with Gasteiger partial charge in [0.2, 0.25) is 0 Å². The van der Waals surface area contributed by atoms with Crippen LogP contribution in [0.2, 0.25) is 0 Å². The first kappa shape index (κ1) is 11.0. The molecular formula is C14H15N3O. The highest BCUT2D eigenvalue weighted by Crippen LogP contribution is 2.23. The number of fused-ring (bicyclic) bond motifs is 1. The quantitative estimate of drug-likeness (QED) is 0.834. The third kappa shape index (κ3) is 1.90. The summed E-state index contributed by atoms with van der Waals surface area (Å²) in [4.78, 5) is 16.4. The van der Waals surface area contributed by atoms with Crippen LogP contribution in [0.1, 0.15) is 21.7 Å². The molecule has 1 aliphatic rings. The molecule has 3 rings (SSSR count).